The molecule has 0 aliphatic heterocycles. The van der Waals surface area contributed by atoms with E-state index >= 15 is 0 Å². The molecule has 0 unspecified atom stereocenters. The van der Waals surface area contributed by atoms with Gasteiger partial charge in [0.15, 0.2) is 0 Å². The van der Waals surface area contributed by atoms with Crippen LogP contribution in [-0.2, 0) is 10.0 Å². The Labute approximate surface area is 104 Å². The van der Waals surface area contributed by atoms with E-state index in [2.05, 4.69) is 4.72 Å². The Morgan fingerprint density at radius 2 is 1.88 bits per heavy atom. The van der Waals surface area contributed by atoms with E-state index in [0.717, 1.165) is 25.7 Å². The minimum atomic E-state index is -3.33. The van der Waals surface area contributed by atoms with E-state index in [1.807, 2.05) is 26.8 Å². The van der Waals surface area contributed by atoms with Crippen LogP contribution in [-0.4, -0.2) is 20.2 Å². The molecule has 0 bridgehead atoms. The smallest absolute Gasteiger partial charge is 0.212 e. The molecule has 1 aliphatic carbocycles. The van der Waals surface area contributed by atoms with Crippen molar-refractivity contribution < 1.29 is 8.42 Å². The van der Waals surface area contributed by atoms with Crippen LogP contribution in [0.15, 0.2) is 0 Å². The van der Waals surface area contributed by atoms with Crippen molar-refractivity contribution in [2.45, 2.75) is 52.5 Å². The van der Waals surface area contributed by atoms with Gasteiger partial charge in [-0.15, -0.1) is 0 Å². The van der Waals surface area contributed by atoms with Gasteiger partial charge in [0.25, 0.3) is 0 Å². The normalized spacial score (nSPS) is 20.1. The first-order chi connectivity index (χ1) is 7.74. The minimum absolute atomic E-state index is 0.168. The molecule has 0 radical (unpaired) electrons. The molecule has 4 nitrogen and oxygen atoms in total. The summed E-state index contributed by atoms with van der Waals surface area (Å²) < 4.78 is 26.4. The first kappa shape index (κ1) is 14.5. The third-order valence-electron chi connectivity index (χ3n) is 3.22. The Morgan fingerprint density at radius 1 is 1.35 bits per heavy atom. The third-order valence-corrected chi connectivity index (χ3v) is 4.73. The highest BCUT2D eigenvalue weighted by molar-refractivity contribution is 7.89. The summed E-state index contributed by atoms with van der Waals surface area (Å²) in [5, 5.41) is 9.01. The average molecular weight is 258 g/mol. The van der Waals surface area contributed by atoms with E-state index in [9.17, 15) is 8.42 Å². The molecule has 0 amide bonds. The third kappa shape index (κ3) is 4.64. The predicted octanol–water partition coefficient (Wildman–Crippen LogP) is 2.03. The molecule has 98 valence electrons. The van der Waals surface area contributed by atoms with Crippen molar-refractivity contribution in [1.29, 1.82) is 5.26 Å². The van der Waals surface area contributed by atoms with Crippen molar-refractivity contribution in [3.05, 3.63) is 0 Å². The van der Waals surface area contributed by atoms with Gasteiger partial charge < -0.3 is 0 Å². The van der Waals surface area contributed by atoms with Crippen LogP contribution in [0.2, 0.25) is 0 Å². The molecule has 5 heteroatoms. The summed E-state index contributed by atoms with van der Waals surface area (Å²) in [5.74, 6) is 0.438. The van der Waals surface area contributed by atoms with Gasteiger partial charge in [0.1, 0.15) is 6.04 Å². The molecule has 1 N–H and O–H groups in total. The van der Waals surface area contributed by atoms with Crippen molar-refractivity contribution in [3.8, 4) is 6.07 Å². The largest absolute Gasteiger partial charge is 0.213 e. The zero-order valence-corrected chi connectivity index (χ0v) is 11.7. The number of sulfonamides is 1. The number of hydrogen-bond donors (Lipinski definition) is 1. The lowest BCUT2D eigenvalue weighted by atomic mass is 9.88. The summed E-state index contributed by atoms with van der Waals surface area (Å²) >= 11 is 0. The molecule has 0 aromatic heterocycles. The molecule has 0 heterocycles. The van der Waals surface area contributed by atoms with Gasteiger partial charge in [0, 0.05) is 0 Å². The van der Waals surface area contributed by atoms with E-state index < -0.39 is 16.1 Å². The van der Waals surface area contributed by atoms with E-state index in [-0.39, 0.29) is 17.1 Å². The number of hydrogen-bond acceptors (Lipinski definition) is 3. The second-order valence-corrected chi connectivity index (χ2v) is 7.78. The lowest BCUT2D eigenvalue weighted by Crippen LogP contribution is -2.44. The van der Waals surface area contributed by atoms with Crippen LogP contribution in [0.4, 0.5) is 0 Å². The Bertz CT molecular complexity index is 384. The maximum absolute atomic E-state index is 11.9. The number of nitrogens with one attached hydrogen (secondary N) is 1. The summed E-state index contributed by atoms with van der Waals surface area (Å²) in [7, 11) is -3.33. The summed E-state index contributed by atoms with van der Waals surface area (Å²) in [4.78, 5) is 0. The Hall–Kier alpha value is -0.600. The summed E-state index contributed by atoms with van der Waals surface area (Å²) in [6.45, 7) is 5.58. The Balaban J connectivity index is 2.62. The van der Waals surface area contributed by atoms with Crippen molar-refractivity contribution in [1.82, 2.24) is 4.72 Å². The van der Waals surface area contributed by atoms with Gasteiger partial charge in [0.2, 0.25) is 10.0 Å². The lowest BCUT2D eigenvalue weighted by molar-refractivity contribution is 0.349. The van der Waals surface area contributed by atoms with Gasteiger partial charge in [-0.3, -0.25) is 0 Å². The number of nitriles is 1. The van der Waals surface area contributed by atoms with Crippen LogP contribution >= 0.6 is 0 Å². The molecule has 0 aromatic rings. The highest BCUT2D eigenvalue weighted by atomic mass is 32.2. The van der Waals surface area contributed by atoms with E-state index in [1.165, 1.54) is 0 Å². The fourth-order valence-electron chi connectivity index (χ4n) is 2.11. The monoisotopic (exact) mass is 258 g/mol. The van der Waals surface area contributed by atoms with Crippen LogP contribution in [0, 0.1) is 22.7 Å². The minimum Gasteiger partial charge on any atom is -0.212 e. The fourth-order valence-corrected chi connectivity index (χ4v) is 3.93. The standard InChI is InChI=1S/C12H22N2O2S/c1-12(2,3)11(8-13)14-17(15,16)9-10-6-4-5-7-10/h10-11,14H,4-7,9H2,1-3H3/t11-/m1/s1. The number of nitrogens with zero attached hydrogens (tertiary/aromatic N) is 1. The summed E-state index contributed by atoms with van der Waals surface area (Å²) in [5.41, 5.74) is -0.377. The molecule has 1 saturated carbocycles. The van der Waals surface area contributed by atoms with Gasteiger partial charge >= 0.3 is 0 Å². The summed E-state index contributed by atoms with van der Waals surface area (Å²) in [6.07, 6.45) is 4.24. The van der Waals surface area contributed by atoms with Crippen LogP contribution in [0.5, 0.6) is 0 Å². The highest BCUT2D eigenvalue weighted by Gasteiger charge is 2.30. The first-order valence-electron chi connectivity index (χ1n) is 6.14. The van der Waals surface area contributed by atoms with Crippen molar-refractivity contribution in [2.75, 3.05) is 5.75 Å². The second-order valence-electron chi connectivity index (χ2n) is 5.98. The van der Waals surface area contributed by atoms with Crippen molar-refractivity contribution in [2.24, 2.45) is 11.3 Å². The van der Waals surface area contributed by atoms with Gasteiger partial charge in [-0.1, -0.05) is 33.6 Å². The molecule has 0 saturated heterocycles. The molecule has 1 atom stereocenters. The van der Waals surface area contributed by atoms with E-state index in [1.54, 1.807) is 0 Å². The van der Waals surface area contributed by atoms with E-state index in [0.29, 0.717) is 0 Å². The lowest BCUT2D eigenvalue weighted by Gasteiger charge is -2.25. The van der Waals surface area contributed by atoms with Crippen molar-refractivity contribution >= 4 is 10.0 Å². The SMILES string of the molecule is CC(C)(C)[C@@H](C#N)NS(=O)(=O)CC1CCCC1. The molecular formula is C12H22N2O2S. The van der Waals surface area contributed by atoms with Gasteiger partial charge in [-0.05, 0) is 24.2 Å². The molecule has 1 rings (SSSR count). The Kier molecular flexibility index (Phi) is 4.56. The van der Waals surface area contributed by atoms with Crippen LogP contribution < -0.4 is 4.72 Å². The predicted molar refractivity (Wildman–Crippen MR) is 67.7 cm³/mol. The zero-order valence-electron chi connectivity index (χ0n) is 10.9. The zero-order chi connectivity index (χ0) is 13.1. The highest BCUT2D eigenvalue weighted by Crippen LogP contribution is 2.26. The fraction of sp³-hybridized carbons (Fsp3) is 0.917. The average Bonchev–Trinajstić information content (AvgIpc) is 2.64. The molecule has 17 heavy (non-hydrogen) atoms. The quantitative estimate of drug-likeness (QED) is 0.838. The molecular weight excluding hydrogens is 236 g/mol. The van der Waals surface area contributed by atoms with Crippen LogP contribution in [0.1, 0.15) is 46.5 Å². The maximum Gasteiger partial charge on any atom is 0.213 e. The van der Waals surface area contributed by atoms with Gasteiger partial charge in [-0.2, -0.15) is 9.98 Å². The number of rotatable bonds is 4. The first-order valence-corrected chi connectivity index (χ1v) is 7.79. The maximum atomic E-state index is 11.9. The molecule has 1 fully saturated rings. The van der Waals surface area contributed by atoms with Gasteiger partial charge in [-0.25, -0.2) is 8.42 Å². The molecule has 0 aromatic carbocycles. The van der Waals surface area contributed by atoms with Crippen molar-refractivity contribution in [3.63, 3.8) is 0 Å². The molecule has 0 spiro atoms. The van der Waals surface area contributed by atoms with Gasteiger partial charge in [0.05, 0.1) is 11.8 Å². The van der Waals surface area contributed by atoms with E-state index in [4.69, 9.17) is 5.26 Å². The Morgan fingerprint density at radius 3 is 2.29 bits per heavy atom. The van der Waals surface area contributed by atoms with Crippen LogP contribution in [0.3, 0.4) is 0 Å². The summed E-state index contributed by atoms with van der Waals surface area (Å²) in [6, 6.07) is 1.37. The topological polar surface area (TPSA) is 70.0 Å². The van der Waals surface area contributed by atoms with Crippen LogP contribution in [0.25, 0.3) is 0 Å². The molecule has 1 aliphatic rings. The second kappa shape index (κ2) is 5.36.